The molecule has 1 fully saturated rings. The number of halogens is 1. The molecule has 3 rings (SSSR count). The van der Waals surface area contributed by atoms with E-state index in [2.05, 4.69) is 5.32 Å². The van der Waals surface area contributed by atoms with Crippen molar-refractivity contribution >= 4 is 46.7 Å². The van der Waals surface area contributed by atoms with Crippen molar-refractivity contribution in [2.75, 3.05) is 23.9 Å². The molecule has 5 amide bonds. The van der Waals surface area contributed by atoms with Crippen molar-refractivity contribution in [2.24, 2.45) is 0 Å². The van der Waals surface area contributed by atoms with Gasteiger partial charge in [0.25, 0.3) is 0 Å². The van der Waals surface area contributed by atoms with Crippen molar-refractivity contribution in [3.8, 4) is 5.75 Å². The van der Waals surface area contributed by atoms with Gasteiger partial charge in [-0.2, -0.15) is 0 Å². The largest absolute Gasteiger partial charge is 0.497 e. The van der Waals surface area contributed by atoms with Gasteiger partial charge in [-0.05, 0) is 55.3 Å². The lowest BCUT2D eigenvalue weighted by Gasteiger charge is -2.16. The van der Waals surface area contributed by atoms with E-state index in [1.54, 1.807) is 25.1 Å². The molecule has 0 aromatic heterocycles. The second-order valence-electron chi connectivity index (χ2n) is 6.50. The lowest BCUT2D eigenvalue weighted by molar-refractivity contribution is -0.140. The summed E-state index contributed by atoms with van der Waals surface area (Å²) in [6.07, 6.45) is 0. The van der Waals surface area contributed by atoms with Crippen LogP contribution in [0.15, 0.2) is 36.4 Å². The molecule has 150 valence electrons. The first kappa shape index (κ1) is 20.3. The quantitative estimate of drug-likeness (QED) is 0.598. The maximum absolute atomic E-state index is 12.6. The number of carbonyl (C=O) groups excluding carboxylic acids is 4. The van der Waals surface area contributed by atoms with E-state index in [4.69, 9.17) is 16.3 Å². The van der Waals surface area contributed by atoms with E-state index in [9.17, 15) is 19.2 Å². The first-order chi connectivity index (χ1) is 13.7. The Labute approximate surface area is 172 Å². The molecule has 29 heavy (non-hydrogen) atoms. The summed E-state index contributed by atoms with van der Waals surface area (Å²) in [6, 6.07) is 8.68. The van der Waals surface area contributed by atoms with Gasteiger partial charge in [0.1, 0.15) is 12.3 Å². The van der Waals surface area contributed by atoms with Crippen molar-refractivity contribution in [1.29, 1.82) is 0 Å². The van der Waals surface area contributed by atoms with Crippen molar-refractivity contribution in [1.82, 2.24) is 4.90 Å². The topological polar surface area (TPSA) is 96.0 Å². The van der Waals surface area contributed by atoms with Crippen molar-refractivity contribution in [2.45, 2.75) is 13.8 Å². The van der Waals surface area contributed by atoms with Gasteiger partial charge in [-0.3, -0.25) is 14.4 Å². The molecule has 8 nitrogen and oxygen atoms in total. The van der Waals surface area contributed by atoms with Crippen molar-refractivity contribution < 1.29 is 23.9 Å². The molecular formula is C20H18ClN3O5. The van der Waals surface area contributed by atoms with Crippen LogP contribution in [0.5, 0.6) is 5.75 Å². The Hall–Kier alpha value is -3.39. The minimum Gasteiger partial charge on any atom is -0.497 e. The summed E-state index contributed by atoms with van der Waals surface area (Å²) in [7, 11) is 1.48. The van der Waals surface area contributed by atoms with E-state index in [1.165, 1.54) is 19.2 Å². The number of imide groups is 2. The normalized spacial score (nSPS) is 13.9. The monoisotopic (exact) mass is 415 g/mol. The summed E-state index contributed by atoms with van der Waals surface area (Å²) in [6.45, 7) is 3.03. The first-order valence-electron chi connectivity index (χ1n) is 8.63. The van der Waals surface area contributed by atoms with Gasteiger partial charge in [-0.25, -0.2) is 14.6 Å². The van der Waals surface area contributed by atoms with E-state index in [-0.39, 0.29) is 5.69 Å². The zero-order valence-electron chi connectivity index (χ0n) is 16.0. The number of carbonyl (C=O) groups is 4. The van der Waals surface area contributed by atoms with Gasteiger partial charge in [0.2, 0.25) is 5.91 Å². The molecule has 1 saturated heterocycles. The number of urea groups is 1. The van der Waals surface area contributed by atoms with Gasteiger partial charge in [0.15, 0.2) is 0 Å². The molecule has 0 radical (unpaired) electrons. The highest BCUT2D eigenvalue weighted by atomic mass is 35.5. The smallest absolute Gasteiger partial charge is 0.339 e. The SMILES string of the molecule is COc1ccc(N2C(=O)C(=O)N(CC(=O)Nc3c(C)cc(C)cc3Cl)C2=O)cc1. The third kappa shape index (κ3) is 3.93. The zero-order chi connectivity index (χ0) is 21.3. The third-order valence-electron chi connectivity index (χ3n) is 4.38. The van der Waals surface area contributed by atoms with Gasteiger partial charge in [0.05, 0.1) is 23.5 Å². The third-order valence-corrected chi connectivity index (χ3v) is 4.68. The summed E-state index contributed by atoms with van der Waals surface area (Å²) in [5.74, 6) is -2.23. The van der Waals surface area contributed by atoms with Crippen LogP contribution in [0.3, 0.4) is 0 Å². The van der Waals surface area contributed by atoms with E-state index in [1.807, 2.05) is 13.0 Å². The summed E-state index contributed by atoms with van der Waals surface area (Å²) in [5, 5.41) is 2.93. The molecule has 0 bridgehead atoms. The number of ether oxygens (including phenoxy) is 1. The number of anilines is 2. The van der Waals surface area contributed by atoms with Gasteiger partial charge in [-0.15, -0.1) is 0 Å². The number of nitrogens with one attached hydrogen (secondary N) is 1. The number of nitrogens with zero attached hydrogens (tertiary/aromatic N) is 2. The van der Waals surface area contributed by atoms with E-state index < -0.39 is 30.3 Å². The maximum atomic E-state index is 12.6. The fraction of sp³-hybridized carbons (Fsp3) is 0.200. The molecule has 1 aliphatic rings. The molecule has 0 unspecified atom stereocenters. The van der Waals surface area contributed by atoms with E-state index >= 15 is 0 Å². The Morgan fingerprint density at radius 1 is 1.07 bits per heavy atom. The molecule has 0 aliphatic carbocycles. The van der Waals surface area contributed by atoms with Crippen molar-refractivity contribution in [3.63, 3.8) is 0 Å². The van der Waals surface area contributed by atoms with Crippen LogP contribution in [-0.4, -0.2) is 42.3 Å². The van der Waals surface area contributed by atoms with Crippen LogP contribution in [0.25, 0.3) is 0 Å². The van der Waals surface area contributed by atoms with E-state index in [0.29, 0.717) is 21.4 Å². The van der Waals surface area contributed by atoms with Crippen LogP contribution in [0, 0.1) is 13.8 Å². The minimum atomic E-state index is -1.08. The highest BCUT2D eigenvalue weighted by molar-refractivity contribution is 6.53. The Kier molecular flexibility index (Phi) is 5.56. The highest BCUT2D eigenvalue weighted by Crippen LogP contribution is 2.28. The van der Waals surface area contributed by atoms with Gasteiger partial charge in [-0.1, -0.05) is 17.7 Å². The minimum absolute atomic E-state index is 0.203. The maximum Gasteiger partial charge on any atom is 0.339 e. The lowest BCUT2D eigenvalue weighted by atomic mass is 10.1. The number of aryl methyl sites for hydroxylation is 2. The fourth-order valence-electron chi connectivity index (χ4n) is 3.00. The Morgan fingerprint density at radius 2 is 1.72 bits per heavy atom. The van der Waals surface area contributed by atoms with Gasteiger partial charge in [0, 0.05) is 0 Å². The summed E-state index contributed by atoms with van der Waals surface area (Å²) in [5.41, 5.74) is 2.25. The van der Waals surface area contributed by atoms with E-state index in [0.717, 1.165) is 16.0 Å². The molecular weight excluding hydrogens is 398 g/mol. The summed E-state index contributed by atoms with van der Waals surface area (Å²) in [4.78, 5) is 50.9. The molecule has 0 atom stereocenters. The summed E-state index contributed by atoms with van der Waals surface area (Å²) >= 11 is 6.17. The lowest BCUT2D eigenvalue weighted by Crippen LogP contribution is -2.39. The molecule has 1 heterocycles. The average molecular weight is 416 g/mol. The number of benzene rings is 2. The second kappa shape index (κ2) is 7.92. The Bertz CT molecular complexity index is 996. The van der Waals surface area contributed by atoms with Crippen LogP contribution in [-0.2, 0) is 14.4 Å². The number of methoxy groups -OCH3 is 1. The molecule has 0 saturated carbocycles. The predicted octanol–water partition coefficient (Wildman–Crippen LogP) is 2.90. The number of amides is 5. The molecule has 9 heteroatoms. The standard InChI is InChI=1S/C20H18ClN3O5/c1-11-8-12(2)17(15(21)9-11)22-16(25)10-23-18(26)19(27)24(20(23)28)13-4-6-14(29-3)7-5-13/h4-9H,10H2,1-3H3,(H,22,25). The molecule has 1 N–H and O–H groups in total. The Balaban J connectivity index is 1.77. The fourth-order valence-corrected chi connectivity index (χ4v) is 3.37. The van der Waals surface area contributed by atoms with Gasteiger partial charge >= 0.3 is 17.8 Å². The molecule has 1 aliphatic heterocycles. The van der Waals surface area contributed by atoms with Crippen LogP contribution in [0.2, 0.25) is 5.02 Å². The Morgan fingerprint density at radius 3 is 2.31 bits per heavy atom. The summed E-state index contributed by atoms with van der Waals surface area (Å²) < 4.78 is 5.03. The number of rotatable bonds is 5. The molecule has 0 spiro atoms. The molecule has 2 aromatic carbocycles. The van der Waals surface area contributed by atoms with Crippen LogP contribution in [0.4, 0.5) is 16.2 Å². The first-order valence-corrected chi connectivity index (χ1v) is 9.01. The zero-order valence-corrected chi connectivity index (χ0v) is 16.7. The second-order valence-corrected chi connectivity index (χ2v) is 6.91. The number of hydrogen-bond acceptors (Lipinski definition) is 5. The highest BCUT2D eigenvalue weighted by Gasteiger charge is 2.46. The molecule has 2 aromatic rings. The van der Waals surface area contributed by atoms with Gasteiger partial charge < -0.3 is 10.1 Å². The van der Waals surface area contributed by atoms with Crippen LogP contribution in [0.1, 0.15) is 11.1 Å². The van der Waals surface area contributed by atoms with Crippen LogP contribution < -0.4 is 15.0 Å². The predicted molar refractivity (Wildman–Crippen MR) is 107 cm³/mol. The van der Waals surface area contributed by atoms with Crippen molar-refractivity contribution in [3.05, 3.63) is 52.5 Å². The average Bonchev–Trinajstić information content (AvgIpc) is 2.88. The number of hydrogen-bond donors (Lipinski definition) is 1. The van der Waals surface area contributed by atoms with Crippen LogP contribution >= 0.6 is 11.6 Å².